The Hall–Kier alpha value is -4.00. The van der Waals surface area contributed by atoms with Crippen molar-refractivity contribution in [3.05, 3.63) is 115 Å². The smallest absolute Gasteiger partial charge is 0.127 e. The predicted molar refractivity (Wildman–Crippen MR) is 220 cm³/mol. The van der Waals surface area contributed by atoms with Crippen molar-refractivity contribution in [2.45, 2.75) is 144 Å². The van der Waals surface area contributed by atoms with Crippen LogP contribution in [0, 0.1) is 0 Å². The number of aromatic hydroxyl groups is 2. The Morgan fingerprint density at radius 1 is 0.389 bits per heavy atom. The molecule has 0 unspecified atom stereocenters. The van der Waals surface area contributed by atoms with Gasteiger partial charge in [-0.2, -0.15) is 0 Å². The van der Waals surface area contributed by atoms with Gasteiger partial charge in [0.05, 0.1) is 40.6 Å². The van der Waals surface area contributed by atoms with Gasteiger partial charge in [-0.25, -0.2) is 0 Å². The second kappa shape index (κ2) is 15.3. The maximum absolute atomic E-state index is 11.8. The van der Waals surface area contributed by atoms with Gasteiger partial charge in [0.15, 0.2) is 0 Å². The van der Waals surface area contributed by atoms with E-state index in [9.17, 15) is 10.2 Å². The first-order valence-electron chi connectivity index (χ1n) is 19.3. The zero-order chi connectivity index (χ0) is 40.0. The highest BCUT2D eigenvalue weighted by Gasteiger charge is 2.26. The Balaban J connectivity index is 1.75. The highest BCUT2D eigenvalue weighted by Crippen LogP contribution is 2.41. The Bertz CT molecular complexity index is 1850. The molecule has 8 bridgehead atoms. The summed E-state index contributed by atoms with van der Waals surface area (Å²) < 4.78 is 25.4. The summed E-state index contributed by atoms with van der Waals surface area (Å²) in [6.07, 6.45) is 0.927. The normalized spacial score (nSPS) is 14.8. The summed E-state index contributed by atoms with van der Waals surface area (Å²) >= 11 is 0. The molecule has 4 aromatic carbocycles. The molecular weight excluding hydrogens is 673 g/mol. The summed E-state index contributed by atoms with van der Waals surface area (Å²) in [7, 11) is 3.44. The summed E-state index contributed by atoms with van der Waals surface area (Å²) in [6, 6.07) is 17.1. The summed E-state index contributed by atoms with van der Waals surface area (Å²) in [6.45, 7) is 27.4. The molecule has 0 aliphatic carbocycles. The van der Waals surface area contributed by atoms with Crippen molar-refractivity contribution in [1.29, 1.82) is 0 Å². The van der Waals surface area contributed by atoms with Gasteiger partial charge < -0.3 is 29.2 Å². The van der Waals surface area contributed by atoms with Crippen LogP contribution in [0.1, 0.15) is 150 Å². The van der Waals surface area contributed by atoms with Crippen LogP contribution in [-0.2, 0) is 70.4 Å². The zero-order valence-electron chi connectivity index (χ0n) is 35.4. The lowest BCUT2D eigenvalue weighted by Crippen LogP contribution is -2.16. The van der Waals surface area contributed by atoms with Gasteiger partial charge in [-0.15, -0.1) is 0 Å². The molecule has 0 radical (unpaired) electrons. The Kier molecular flexibility index (Phi) is 11.6. The third-order valence-electron chi connectivity index (χ3n) is 10.7. The van der Waals surface area contributed by atoms with E-state index in [0.717, 1.165) is 56.0 Å². The lowest BCUT2D eigenvalue weighted by atomic mass is 9.82. The van der Waals surface area contributed by atoms with Crippen molar-refractivity contribution in [1.82, 2.24) is 0 Å². The van der Waals surface area contributed by atoms with E-state index in [-0.39, 0.29) is 46.4 Å². The molecule has 0 saturated carbocycles. The number of phenolic OH excluding ortho intramolecular Hbond substituents is 2. The van der Waals surface area contributed by atoms with Crippen LogP contribution in [0.2, 0.25) is 0 Å². The van der Waals surface area contributed by atoms with Crippen molar-refractivity contribution in [3.63, 3.8) is 0 Å². The second-order valence-electron chi connectivity index (χ2n) is 19.3. The lowest BCUT2D eigenvalue weighted by molar-refractivity contribution is 0.103. The molecule has 1 aliphatic rings. The third kappa shape index (κ3) is 9.09. The lowest BCUT2D eigenvalue weighted by Gasteiger charge is -2.26. The Morgan fingerprint density at radius 2 is 0.630 bits per heavy atom. The summed E-state index contributed by atoms with van der Waals surface area (Å²) in [5.74, 6) is 1.95. The van der Waals surface area contributed by atoms with Gasteiger partial charge in [0.1, 0.15) is 23.0 Å². The van der Waals surface area contributed by atoms with Crippen LogP contribution < -0.4 is 9.47 Å². The maximum Gasteiger partial charge on any atom is 0.127 e. The molecule has 4 aromatic rings. The molecule has 292 valence electrons. The van der Waals surface area contributed by atoms with Gasteiger partial charge in [0.2, 0.25) is 0 Å². The molecule has 6 heteroatoms. The van der Waals surface area contributed by atoms with Gasteiger partial charge in [-0.3, -0.25) is 0 Å². The minimum Gasteiger partial charge on any atom is -0.507 e. The van der Waals surface area contributed by atoms with Gasteiger partial charge in [0, 0.05) is 35.1 Å². The first kappa shape index (κ1) is 41.2. The molecule has 1 aliphatic heterocycles. The second-order valence-corrected chi connectivity index (χ2v) is 19.3. The number of ether oxygens (including phenoxy) is 4. The van der Waals surface area contributed by atoms with Crippen LogP contribution in [0.5, 0.6) is 23.0 Å². The van der Waals surface area contributed by atoms with Crippen molar-refractivity contribution in [2.24, 2.45) is 0 Å². The number of hydrogen-bond donors (Lipinski definition) is 2. The van der Waals surface area contributed by atoms with E-state index >= 15 is 0 Å². The molecule has 5 rings (SSSR count). The summed E-state index contributed by atoms with van der Waals surface area (Å²) in [5, 5.41) is 23.6. The molecule has 0 saturated heterocycles. The van der Waals surface area contributed by atoms with E-state index < -0.39 is 0 Å². The van der Waals surface area contributed by atoms with Crippen LogP contribution in [-0.4, -0.2) is 24.4 Å². The molecule has 6 nitrogen and oxygen atoms in total. The fourth-order valence-corrected chi connectivity index (χ4v) is 7.20. The van der Waals surface area contributed by atoms with E-state index in [1.54, 1.807) is 14.2 Å². The highest BCUT2D eigenvalue weighted by atomic mass is 16.5. The standard InChI is InChI=1S/C48H64O6/c1-45(2,3)37-17-29-15-30-18-38(46(4,5)6)22-34(42(30)50)26-54-28-36-24-40(48(10,11)12)20-32(44(36)52-14)16-31-19-39(47(7,8)9)23-35(43(31)51-13)27-53-25-33(21-37)41(29)49/h17-24,49-50H,15-16,25-28H2,1-14H3. The molecule has 0 spiro atoms. The van der Waals surface area contributed by atoms with E-state index in [1.165, 1.54) is 11.1 Å². The van der Waals surface area contributed by atoms with Crippen molar-refractivity contribution in [2.75, 3.05) is 14.2 Å². The quantitative estimate of drug-likeness (QED) is 0.213. The Morgan fingerprint density at radius 3 is 0.926 bits per heavy atom. The largest absolute Gasteiger partial charge is 0.507 e. The van der Waals surface area contributed by atoms with E-state index in [1.807, 2.05) is 0 Å². The fourth-order valence-electron chi connectivity index (χ4n) is 7.20. The van der Waals surface area contributed by atoms with Crippen LogP contribution in [0.15, 0.2) is 48.5 Å². The maximum atomic E-state index is 11.8. The summed E-state index contributed by atoms with van der Waals surface area (Å²) in [4.78, 5) is 0. The van der Waals surface area contributed by atoms with E-state index in [4.69, 9.17) is 18.9 Å². The molecule has 0 atom stereocenters. The Labute approximate surface area is 324 Å². The van der Waals surface area contributed by atoms with Gasteiger partial charge in [0.25, 0.3) is 0 Å². The number of rotatable bonds is 2. The molecule has 2 N–H and O–H groups in total. The van der Waals surface area contributed by atoms with Crippen LogP contribution in [0.3, 0.4) is 0 Å². The van der Waals surface area contributed by atoms with Crippen molar-refractivity contribution < 1.29 is 29.2 Å². The monoisotopic (exact) mass is 736 g/mol. The van der Waals surface area contributed by atoms with Gasteiger partial charge >= 0.3 is 0 Å². The minimum absolute atomic E-state index is 0.123. The first-order valence-corrected chi connectivity index (χ1v) is 19.3. The van der Waals surface area contributed by atoms with E-state index in [2.05, 4.69) is 132 Å². The van der Waals surface area contributed by atoms with Crippen LogP contribution >= 0.6 is 0 Å². The minimum atomic E-state index is -0.178. The molecule has 1 heterocycles. The van der Waals surface area contributed by atoms with Crippen molar-refractivity contribution in [3.8, 4) is 23.0 Å². The van der Waals surface area contributed by atoms with Crippen molar-refractivity contribution >= 4 is 0 Å². The molecule has 0 amide bonds. The number of phenols is 2. The first-order chi connectivity index (χ1) is 25.0. The number of hydrogen-bond acceptors (Lipinski definition) is 6. The highest BCUT2D eigenvalue weighted by molar-refractivity contribution is 5.55. The average molecular weight is 737 g/mol. The van der Waals surface area contributed by atoms with Gasteiger partial charge in [-0.05, 0) is 90.4 Å². The van der Waals surface area contributed by atoms with Gasteiger partial charge in [-0.1, -0.05) is 107 Å². The molecule has 0 fully saturated rings. The molecular formula is C48H64O6. The van der Waals surface area contributed by atoms with E-state index in [0.29, 0.717) is 37.2 Å². The number of fused-ring (bicyclic) bond motifs is 8. The zero-order valence-corrected chi connectivity index (χ0v) is 35.4. The molecule has 0 aromatic heterocycles. The molecule has 54 heavy (non-hydrogen) atoms. The fraction of sp³-hybridized carbons (Fsp3) is 0.500. The summed E-state index contributed by atoms with van der Waals surface area (Å²) in [5.41, 5.74) is 10.9. The van der Waals surface area contributed by atoms with Crippen LogP contribution in [0.4, 0.5) is 0 Å². The predicted octanol–water partition coefficient (Wildman–Crippen LogP) is 11.2. The number of methoxy groups -OCH3 is 2. The SMILES string of the molecule is COc1c2cc(C(C)(C)C)cc1Cc1cc(C(C)(C)C)cc(c1OC)COCc1cc(C(C)(C)C)cc(c1O)Cc1cc(C(C)(C)C)cc(c1O)COC2. The number of benzene rings is 4. The average Bonchev–Trinajstić information content (AvgIpc) is 3.05. The van der Waals surface area contributed by atoms with Crippen LogP contribution in [0.25, 0.3) is 0 Å². The topological polar surface area (TPSA) is 77.4 Å². The third-order valence-corrected chi connectivity index (χ3v) is 10.7.